The van der Waals surface area contributed by atoms with E-state index in [0.29, 0.717) is 30.0 Å². The number of nitrogens with zero attached hydrogens (tertiary/aromatic N) is 1. The summed E-state index contributed by atoms with van der Waals surface area (Å²) in [5.74, 6) is 0.490. The molecule has 1 aromatic heterocycles. The van der Waals surface area contributed by atoms with E-state index in [4.69, 9.17) is 13.9 Å². The van der Waals surface area contributed by atoms with Gasteiger partial charge in [-0.2, -0.15) is 0 Å². The van der Waals surface area contributed by atoms with E-state index in [0.717, 1.165) is 54.9 Å². The van der Waals surface area contributed by atoms with Gasteiger partial charge >= 0.3 is 5.63 Å². The Kier molecular flexibility index (Phi) is 7.63. The first-order valence-electron chi connectivity index (χ1n) is 12.5. The van der Waals surface area contributed by atoms with Gasteiger partial charge < -0.3 is 19.2 Å². The largest absolute Gasteiger partial charge is 0.489 e. The monoisotopic (exact) mass is 498 g/mol. The van der Waals surface area contributed by atoms with Crippen molar-refractivity contribution >= 4 is 16.9 Å². The first-order chi connectivity index (χ1) is 18.0. The number of rotatable bonds is 8. The van der Waals surface area contributed by atoms with Crippen LogP contribution in [0.3, 0.4) is 0 Å². The third-order valence-corrected chi connectivity index (χ3v) is 6.53. The van der Waals surface area contributed by atoms with Gasteiger partial charge in [-0.3, -0.25) is 9.69 Å². The smallest absolute Gasteiger partial charge is 0.336 e. The Morgan fingerprint density at radius 1 is 0.919 bits per heavy atom. The van der Waals surface area contributed by atoms with E-state index in [9.17, 15) is 9.59 Å². The van der Waals surface area contributed by atoms with Gasteiger partial charge in [0.1, 0.15) is 17.9 Å². The molecule has 1 saturated heterocycles. The second-order valence-corrected chi connectivity index (χ2v) is 9.28. The van der Waals surface area contributed by atoms with Crippen molar-refractivity contribution in [2.45, 2.75) is 26.6 Å². The van der Waals surface area contributed by atoms with Gasteiger partial charge in [0.05, 0.1) is 13.2 Å². The second-order valence-electron chi connectivity index (χ2n) is 9.28. The molecule has 2 heterocycles. The van der Waals surface area contributed by atoms with Crippen molar-refractivity contribution < 1.29 is 18.7 Å². The van der Waals surface area contributed by atoms with E-state index >= 15 is 0 Å². The molecule has 37 heavy (non-hydrogen) atoms. The van der Waals surface area contributed by atoms with E-state index in [1.807, 2.05) is 31.2 Å². The van der Waals surface area contributed by atoms with Crippen LogP contribution in [0.1, 0.15) is 32.6 Å². The molecule has 0 spiro atoms. The summed E-state index contributed by atoms with van der Waals surface area (Å²) in [5, 5.41) is 3.87. The number of hydrogen-bond acceptors (Lipinski definition) is 6. The molecule has 7 heteroatoms. The van der Waals surface area contributed by atoms with Gasteiger partial charge in [-0.05, 0) is 53.4 Å². The highest BCUT2D eigenvalue weighted by Gasteiger charge is 2.11. The third-order valence-electron chi connectivity index (χ3n) is 6.53. The number of carbonyl (C=O) groups excluding carboxylic acids is 1. The predicted molar refractivity (Wildman–Crippen MR) is 142 cm³/mol. The summed E-state index contributed by atoms with van der Waals surface area (Å²) in [4.78, 5) is 26.7. The summed E-state index contributed by atoms with van der Waals surface area (Å²) >= 11 is 0. The van der Waals surface area contributed by atoms with E-state index < -0.39 is 0 Å². The quantitative estimate of drug-likeness (QED) is 0.362. The maximum Gasteiger partial charge on any atom is 0.336 e. The number of hydrogen-bond donors (Lipinski definition) is 1. The highest BCUT2D eigenvalue weighted by molar-refractivity contribution is 5.94. The minimum Gasteiger partial charge on any atom is -0.489 e. The number of ether oxygens (including phenoxy) is 2. The van der Waals surface area contributed by atoms with Gasteiger partial charge in [-0.15, -0.1) is 0 Å². The number of carbonyl (C=O) groups is 1. The van der Waals surface area contributed by atoms with Crippen LogP contribution < -0.4 is 15.7 Å². The van der Waals surface area contributed by atoms with Gasteiger partial charge in [0.15, 0.2) is 0 Å². The lowest BCUT2D eigenvalue weighted by Crippen LogP contribution is -2.35. The van der Waals surface area contributed by atoms with Crippen LogP contribution in [0, 0.1) is 6.92 Å². The summed E-state index contributed by atoms with van der Waals surface area (Å²) in [7, 11) is 0. The SMILES string of the molecule is Cc1cc(=O)oc2cc(OCc3ccc(C(=O)NCc4ccc(CN5CCOCC5)cc4)cc3)ccc12. The predicted octanol–water partition coefficient (Wildman–Crippen LogP) is 4.44. The lowest BCUT2D eigenvalue weighted by atomic mass is 10.1. The fraction of sp³-hybridized carbons (Fsp3) is 0.267. The van der Waals surface area contributed by atoms with Gasteiger partial charge in [0.2, 0.25) is 0 Å². The highest BCUT2D eigenvalue weighted by Crippen LogP contribution is 2.23. The van der Waals surface area contributed by atoms with Gasteiger partial charge in [-0.1, -0.05) is 36.4 Å². The molecule has 1 fully saturated rings. The molecule has 3 aromatic carbocycles. The van der Waals surface area contributed by atoms with Crippen LogP contribution in [0.5, 0.6) is 5.75 Å². The molecule has 190 valence electrons. The van der Waals surface area contributed by atoms with Crippen molar-refractivity contribution in [3.05, 3.63) is 111 Å². The van der Waals surface area contributed by atoms with Crippen LogP contribution in [0.25, 0.3) is 11.0 Å². The minimum absolute atomic E-state index is 0.121. The summed E-state index contributed by atoms with van der Waals surface area (Å²) in [6.45, 7) is 7.12. The van der Waals surface area contributed by atoms with Crippen molar-refractivity contribution in [3.63, 3.8) is 0 Å². The molecule has 1 aliphatic heterocycles. The number of nitrogens with one attached hydrogen (secondary N) is 1. The van der Waals surface area contributed by atoms with Crippen LogP contribution in [-0.2, 0) is 24.4 Å². The zero-order chi connectivity index (χ0) is 25.6. The second kappa shape index (κ2) is 11.4. The number of morpholine rings is 1. The summed E-state index contributed by atoms with van der Waals surface area (Å²) in [6, 6.07) is 22.6. The molecular formula is C30H30N2O5. The van der Waals surface area contributed by atoms with Gasteiger partial charge in [-0.25, -0.2) is 4.79 Å². The van der Waals surface area contributed by atoms with Crippen molar-refractivity contribution in [2.24, 2.45) is 0 Å². The lowest BCUT2D eigenvalue weighted by Gasteiger charge is -2.26. The zero-order valence-electron chi connectivity index (χ0n) is 20.9. The Bertz CT molecular complexity index is 1420. The lowest BCUT2D eigenvalue weighted by molar-refractivity contribution is 0.0342. The maximum absolute atomic E-state index is 12.6. The number of aryl methyl sites for hydroxylation is 1. The average molecular weight is 499 g/mol. The van der Waals surface area contributed by atoms with Gasteiger partial charge in [0.25, 0.3) is 5.91 Å². The number of fused-ring (bicyclic) bond motifs is 1. The van der Waals surface area contributed by atoms with Crippen molar-refractivity contribution in [3.8, 4) is 5.75 Å². The summed E-state index contributed by atoms with van der Waals surface area (Å²) in [5.41, 5.74) is 4.84. The van der Waals surface area contributed by atoms with Crippen LogP contribution in [-0.4, -0.2) is 37.1 Å². The molecule has 0 atom stereocenters. The molecule has 4 aromatic rings. The van der Waals surface area contributed by atoms with Crippen LogP contribution >= 0.6 is 0 Å². The Morgan fingerprint density at radius 3 is 2.38 bits per heavy atom. The standard InChI is InChI=1S/C30H30N2O5/c1-21-16-29(33)37-28-17-26(10-11-27(21)28)36-20-24-6-8-25(9-7-24)30(34)31-18-22-2-4-23(5-3-22)19-32-12-14-35-15-13-32/h2-11,16-17H,12-15,18-20H2,1H3,(H,31,34). The first kappa shape index (κ1) is 24.7. The van der Waals surface area contributed by atoms with E-state index in [-0.39, 0.29) is 11.5 Å². The molecule has 0 unspecified atom stereocenters. The molecule has 0 aliphatic carbocycles. The van der Waals surface area contributed by atoms with E-state index in [1.54, 1.807) is 18.2 Å². The summed E-state index contributed by atoms with van der Waals surface area (Å²) < 4.78 is 16.6. The zero-order valence-corrected chi connectivity index (χ0v) is 20.9. The van der Waals surface area contributed by atoms with Gasteiger partial charge in [0, 0.05) is 49.3 Å². The van der Waals surface area contributed by atoms with E-state index in [2.05, 4.69) is 34.5 Å². The molecule has 0 radical (unpaired) electrons. The molecule has 5 rings (SSSR count). The molecule has 1 N–H and O–H groups in total. The fourth-order valence-corrected chi connectivity index (χ4v) is 4.38. The highest BCUT2D eigenvalue weighted by atomic mass is 16.5. The Morgan fingerprint density at radius 2 is 1.62 bits per heavy atom. The molecule has 0 bridgehead atoms. The number of benzene rings is 3. The molecule has 1 amide bonds. The van der Waals surface area contributed by atoms with Crippen molar-refractivity contribution in [2.75, 3.05) is 26.3 Å². The molecule has 1 aliphatic rings. The Labute approximate surface area is 215 Å². The number of amides is 1. The normalized spacial score (nSPS) is 14.0. The van der Waals surface area contributed by atoms with Crippen molar-refractivity contribution in [1.29, 1.82) is 0 Å². The first-order valence-corrected chi connectivity index (χ1v) is 12.5. The fourth-order valence-electron chi connectivity index (χ4n) is 4.38. The average Bonchev–Trinajstić information content (AvgIpc) is 2.92. The van der Waals surface area contributed by atoms with E-state index in [1.165, 1.54) is 11.6 Å². The molecule has 0 saturated carbocycles. The van der Waals surface area contributed by atoms with Crippen LogP contribution in [0.4, 0.5) is 0 Å². The summed E-state index contributed by atoms with van der Waals surface area (Å²) in [6.07, 6.45) is 0. The Balaban J connectivity index is 1.11. The Hall–Kier alpha value is -3.94. The molecule has 7 nitrogen and oxygen atoms in total. The third kappa shape index (κ3) is 6.44. The topological polar surface area (TPSA) is 81.0 Å². The van der Waals surface area contributed by atoms with Crippen molar-refractivity contribution in [1.82, 2.24) is 10.2 Å². The maximum atomic E-state index is 12.6. The molecular weight excluding hydrogens is 468 g/mol. The van der Waals surface area contributed by atoms with Crippen LogP contribution in [0.2, 0.25) is 0 Å². The minimum atomic E-state index is -0.378. The van der Waals surface area contributed by atoms with Crippen LogP contribution in [0.15, 0.2) is 82.0 Å².